The van der Waals surface area contributed by atoms with E-state index in [9.17, 15) is 9.59 Å². The van der Waals surface area contributed by atoms with Crippen molar-refractivity contribution in [2.45, 2.75) is 38.1 Å². The van der Waals surface area contributed by atoms with Crippen LogP contribution in [0.4, 0.5) is 0 Å². The molecule has 0 bridgehead atoms. The second kappa shape index (κ2) is 7.29. The van der Waals surface area contributed by atoms with Crippen molar-refractivity contribution in [1.82, 2.24) is 9.88 Å². The fourth-order valence-corrected chi connectivity index (χ4v) is 3.16. The Labute approximate surface area is 140 Å². The van der Waals surface area contributed by atoms with Gasteiger partial charge in [0.1, 0.15) is 0 Å². The van der Waals surface area contributed by atoms with Crippen molar-refractivity contribution in [2.75, 3.05) is 6.54 Å². The van der Waals surface area contributed by atoms with Gasteiger partial charge < -0.3 is 14.4 Å². The van der Waals surface area contributed by atoms with Crippen LogP contribution < -0.4 is 0 Å². The molecule has 6 heteroatoms. The standard InChI is InChI=1S/C18H20N2O4/c21-17(22)9-8-15-3-1-2-10-20(15)18(23)14-6-4-13(5-7-14)16-11-19-12-24-16/h4-7,11-12,15H,1-3,8-10H2,(H,21,22). The summed E-state index contributed by atoms with van der Waals surface area (Å²) in [5.41, 5.74) is 1.48. The van der Waals surface area contributed by atoms with Gasteiger partial charge in [0.05, 0.1) is 6.20 Å². The van der Waals surface area contributed by atoms with Crippen LogP contribution in [0.5, 0.6) is 0 Å². The van der Waals surface area contributed by atoms with E-state index in [-0.39, 0.29) is 18.4 Å². The summed E-state index contributed by atoms with van der Waals surface area (Å²) in [6, 6.07) is 7.25. The third-order valence-electron chi connectivity index (χ3n) is 4.43. The van der Waals surface area contributed by atoms with E-state index in [2.05, 4.69) is 4.98 Å². The summed E-state index contributed by atoms with van der Waals surface area (Å²) in [6.07, 6.45) is 6.48. The van der Waals surface area contributed by atoms with Crippen molar-refractivity contribution in [1.29, 1.82) is 0 Å². The smallest absolute Gasteiger partial charge is 0.303 e. The molecular formula is C18H20N2O4. The number of carboxylic acids is 1. The van der Waals surface area contributed by atoms with Gasteiger partial charge in [0, 0.05) is 30.1 Å². The number of aliphatic carboxylic acids is 1. The molecule has 1 atom stereocenters. The number of oxazole rings is 1. The molecule has 1 N–H and O–H groups in total. The van der Waals surface area contributed by atoms with E-state index in [1.807, 2.05) is 17.0 Å². The Hall–Kier alpha value is -2.63. The van der Waals surface area contributed by atoms with Gasteiger partial charge in [0.15, 0.2) is 12.2 Å². The molecule has 1 aromatic carbocycles. The van der Waals surface area contributed by atoms with Crippen molar-refractivity contribution in [3.05, 3.63) is 42.4 Å². The first kappa shape index (κ1) is 16.2. The second-order valence-corrected chi connectivity index (χ2v) is 6.02. The number of aromatic nitrogens is 1. The third kappa shape index (κ3) is 3.64. The highest BCUT2D eigenvalue weighted by Crippen LogP contribution is 2.24. The SMILES string of the molecule is O=C(O)CCC1CCCCN1C(=O)c1ccc(-c2cnco2)cc1. The highest BCUT2D eigenvalue weighted by atomic mass is 16.4. The van der Waals surface area contributed by atoms with Crippen molar-refractivity contribution in [2.24, 2.45) is 0 Å². The summed E-state index contributed by atoms with van der Waals surface area (Å²) in [7, 11) is 0. The van der Waals surface area contributed by atoms with E-state index in [1.165, 1.54) is 6.39 Å². The van der Waals surface area contributed by atoms with Crippen LogP contribution in [0.25, 0.3) is 11.3 Å². The number of benzene rings is 1. The number of hydrogen-bond acceptors (Lipinski definition) is 4. The molecule has 0 aliphatic carbocycles. The van der Waals surface area contributed by atoms with Gasteiger partial charge >= 0.3 is 5.97 Å². The molecule has 1 aliphatic rings. The molecule has 126 valence electrons. The van der Waals surface area contributed by atoms with Crippen LogP contribution in [-0.2, 0) is 4.79 Å². The molecule has 24 heavy (non-hydrogen) atoms. The molecule has 0 spiro atoms. The summed E-state index contributed by atoms with van der Waals surface area (Å²) < 4.78 is 5.25. The average Bonchev–Trinajstić information content (AvgIpc) is 3.14. The summed E-state index contributed by atoms with van der Waals surface area (Å²) in [5, 5.41) is 8.89. The number of nitrogens with zero attached hydrogens (tertiary/aromatic N) is 2. The van der Waals surface area contributed by atoms with Crippen LogP contribution in [0.1, 0.15) is 42.5 Å². The molecule has 1 saturated heterocycles. The van der Waals surface area contributed by atoms with E-state index < -0.39 is 5.97 Å². The Morgan fingerprint density at radius 2 is 2.04 bits per heavy atom. The van der Waals surface area contributed by atoms with Gasteiger partial charge in [0.25, 0.3) is 5.91 Å². The normalized spacial score (nSPS) is 17.7. The zero-order chi connectivity index (χ0) is 16.9. The molecule has 3 rings (SSSR count). The van der Waals surface area contributed by atoms with Crippen LogP contribution >= 0.6 is 0 Å². The molecule has 6 nitrogen and oxygen atoms in total. The van der Waals surface area contributed by atoms with Gasteiger partial charge in [-0.3, -0.25) is 9.59 Å². The third-order valence-corrected chi connectivity index (χ3v) is 4.43. The number of carbonyl (C=O) groups excluding carboxylic acids is 1. The van der Waals surface area contributed by atoms with Crippen molar-refractivity contribution in [3.8, 4) is 11.3 Å². The molecule has 0 radical (unpaired) electrons. The van der Waals surface area contributed by atoms with Gasteiger partial charge in [0.2, 0.25) is 0 Å². The Morgan fingerprint density at radius 1 is 1.25 bits per heavy atom. The number of amides is 1. The van der Waals surface area contributed by atoms with Crippen molar-refractivity contribution in [3.63, 3.8) is 0 Å². The van der Waals surface area contributed by atoms with Crippen LogP contribution in [0.2, 0.25) is 0 Å². The molecule has 1 aromatic heterocycles. The zero-order valence-electron chi connectivity index (χ0n) is 13.4. The van der Waals surface area contributed by atoms with Gasteiger partial charge in [-0.1, -0.05) is 12.1 Å². The topological polar surface area (TPSA) is 83.6 Å². The van der Waals surface area contributed by atoms with E-state index >= 15 is 0 Å². The van der Waals surface area contributed by atoms with E-state index in [0.29, 0.717) is 24.3 Å². The fraction of sp³-hybridized carbons (Fsp3) is 0.389. The number of hydrogen-bond donors (Lipinski definition) is 1. The molecule has 0 saturated carbocycles. The van der Waals surface area contributed by atoms with E-state index in [1.54, 1.807) is 18.3 Å². The lowest BCUT2D eigenvalue weighted by atomic mass is 9.96. The predicted molar refractivity (Wildman–Crippen MR) is 87.5 cm³/mol. The lowest BCUT2D eigenvalue weighted by Gasteiger charge is -2.35. The highest BCUT2D eigenvalue weighted by Gasteiger charge is 2.27. The first-order valence-electron chi connectivity index (χ1n) is 8.17. The van der Waals surface area contributed by atoms with Crippen LogP contribution in [-0.4, -0.2) is 39.5 Å². The number of piperidine rings is 1. The van der Waals surface area contributed by atoms with Gasteiger partial charge in [-0.05, 0) is 37.8 Å². The molecule has 1 fully saturated rings. The van der Waals surface area contributed by atoms with Crippen LogP contribution in [0.15, 0.2) is 41.3 Å². The largest absolute Gasteiger partial charge is 0.481 e. The number of carboxylic acid groups (broad SMARTS) is 1. The molecule has 1 aliphatic heterocycles. The number of likely N-dealkylation sites (tertiary alicyclic amines) is 1. The number of carbonyl (C=O) groups is 2. The summed E-state index contributed by atoms with van der Waals surface area (Å²) >= 11 is 0. The Balaban J connectivity index is 1.72. The maximum Gasteiger partial charge on any atom is 0.303 e. The highest BCUT2D eigenvalue weighted by molar-refractivity contribution is 5.95. The molecule has 1 unspecified atom stereocenters. The molecular weight excluding hydrogens is 308 g/mol. The first-order chi connectivity index (χ1) is 11.6. The Morgan fingerprint density at radius 3 is 2.71 bits per heavy atom. The second-order valence-electron chi connectivity index (χ2n) is 6.02. The van der Waals surface area contributed by atoms with E-state index in [4.69, 9.17) is 9.52 Å². The van der Waals surface area contributed by atoms with Crippen molar-refractivity contribution < 1.29 is 19.1 Å². The minimum Gasteiger partial charge on any atom is -0.481 e. The zero-order valence-corrected chi connectivity index (χ0v) is 13.4. The quantitative estimate of drug-likeness (QED) is 0.911. The Kier molecular flexibility index (Phi) is 4.93. The fourth-order valence-electron chi connectivity index (χ4n) is 3.16. The van der Waals surface area contributed by atoms with Gasteiger partial charge in [-0.2, -0.15) is 0 Å². The summed E-state index contributed by atoms with van der Waals surface area (Å²) in [4.78, 5) is 29.3. The van der Waals surface area contributed by atoms with Gasteiger partial charge in [-0.15, -0.1) is 0 Å². The molecule has 2 heterocycles. The predicted octanol–water partition coefficient (Wildman–Crippen LogP) is 3.20. The van der Waals surface area contributed by atoms with Crippen LogP contribution in [0.3, 0.4) is 0 Å². The summed E-state index contributed by atoms with van der Waals surface area (Å²) in [6.45, 7) is 0.687. The minimum atomic E-state index is -0.815. The first-order valence-corrected chi connectivity index (χ1v) is 8.17. The lowest BCUT2D eigenvalue weighted by Crippen LogP contribution is -2.43. The molecule has 2 aromatic rings. The minimum absolute atomic E-state index is 0.0105. The average molecular weight is 328 g/mol. The van der Waals surface area contributed by atoms with Crippen LogP contribution in [0, 0.1) is 0 Å². The maximum atomic E-state index is 12.8. The monoisotopic (exact) mass is 328 g/mol. The van der Waals surface area contributed by atoms with Crippen molar-refractivity contribution >= 4 is 11.9 Å². The lowest BCUT2D eigenvalue weighted by molar-refractivity contribution is -0.137. The maximum absolute atomic E-state index is 12.8. The number of rotatable bonds is 5. The molecule has 1 amide bonds. The Bertz CT molecular complexity index is 694. The van der Waals surface area contributed by atoms with Gasteiger partial charge in [-0.25, -0.2) is 4.98 Å². The van der Waals surface area contributed by atoms with E-state index in [0.717, 1.165) is 24.8 Å². The summed E-state index contributed by atoms with van der Waals surface area (Å²) in [5.74, 6) is -0.190.